The van der Waals surface area contributed by atoms with Gasteiger partial charge in [0.1, 0.15) is 11.7 Å². The van der Waals surface area contributed by atoms with Gasteiger partial charge in [0.2, 0.25) is 0 Å². The molecule has 1 atom stereocenters. The van der Waals surface area contributed by atoms with Gasteiger partial charge in [0.05, 0.1) is 32.2 Å². The van der Waals surface area contributed by atoms with Gasteiger partial charge in [-0.2, -0.15) is 0 Å². The van der Waals surface area contributed by atoms with Gasteiger partial charge in [-0.05, 0) is 0 Å². The molecule has 9 nitrogen and oxygen atoms in total. The number of carbonyl (C=O) groups excluding carboxylic acids is 3. The molecule has 4 amide bonds. The van der Waals surface area contributed by atoms with Gasteiger partial charge in [-0.25, -0.2) is 9.78 Å². The van der Waals surface area contributed by atoms with E-state index in [1.54, 1.807) is 27.7 Å². The molecule has 0 radical (unpaired) electrons. The lowest BCUT2D eigenvalue weighted by molar-refractivity contribution is -0.128. The predicted molar refractivity (Wildman–Crippen MR) is 92.4 cm³/mol. The first-order valence-corrected chi connectivity index (χ1v) is 8.61. The molecule has 0 aliphatic carbocycles. The average Bonchev–Trinajstić information content (AvgIpc) is 3.03. The first kappa shape index (κ1) is 18.4. The summed E-state index contributed by atoms with van der Waals surface area (Å²) in [7, 11) is 3.28. The Hall–Kier alpha value is -2.42. The van der Waals surface area contributed by atoms with E-state index >= 15 is 0 Å². The molecule has 0 aromatic carbocycles. The molecule has 0 spiro atoms. The zero-order valence-corrected chi connectivity index (χ0v) is 15.6. The number of ether oxygens (including phenoxy) is 1. The second kappa shape index (κ2) is 6.71. The molecule has 2 aliphatic heterocycles. The van der Waals surface area contributed by atoms with E-state index in [-0.39, 0.29) is 36.3 Å². The minimum Gasteiger partial charge on any atom is -0.383 e. The quantitative estimate of drug-likeness (QED) is 0.712. The van der Waals surface area contributed by atoms with Gasteiger partial charge < -0.3 is 19.1 Å². The lowest BCUT2D eigenvalue weighted by atomic mass is 9.92. The van der Waals surface area contributed by atoms with E-state index in [0.717, 1.165) is 0 Å². The Morgan fingerprint density at radius 3 is 2.69 bits per heavy atom. The number of imidazole rings is 1. The number of carbonyl (C=O) groups is 3. The van der Waals surface area contributed by atoms with Gasteiger partial charge in [-0.1, -0.05) is 13.8 Å². The molecule has 2 aliphatic rings. The Labute approximate surface area is 152 Å². The molecule has 1 unspecified atom stereocenters. The summed E-state index contributed by atoms with van der Waals surface area (Å²) in [5.74, 6) is -0.455. The van der Waals surface area contributed by atoms with Crippen LogP contribution in [0.25, 0.3) is 0 Å². The first-order chi connectivity index (χ1) is 12.2. The molecular weight excluding hydrogens is 338 g/mol. The van der Waals surface area contributed by atoms with Crippen LogP contribution in [0.3, 0.4) is 0 Å². The maximum atomic E-state index is 13.0. The minimum absolute atomic E-state index is 0.182. The number of aryl methyl sites for hydroxylation is 1. The van der Waals surface area contributed by atoms with E-state index in [4.69, 9.17) is 4.74 Å². The first-order valence-electron chi connectivity index (χ1n) is 8.61. The normalized spacial score (nSPS) is 22.6. The highest BCUT2D eigenvalue weighted by Crippen LogP contribution is 2.30. The minimum atomic E-state index is -0.654. The second-order valence-electron chi connectivity index (χ2n) is 7.65. The number of aromatic nitrogens is 2. The van der Waals surface area contributed by atoms with Crippen LogP contribution in [0.15, 0.2) is 12.5 Å². The molecule has 142 valence electrons. The monoisotopic (exact) mass is 363 g/mol. The Balaban J connectivity index is 1.88. The number of hydrogen-bond donors (Lipinski definition) is 0. The number of amides is 4. The molecule has 3 heterocycles. The zero-order chi connectivity index (χ0) is 19.1. The maximum Gasteiger partial charge on any atom is 0.327 e. The molecule has 2 saturated heterocycles. The summed E-state index contributed by atoms with van der Waals surface area (Å²) < 4.78 is 6.66. The van der Waals surface area contributed by atoms with E-state index < -0.39 is 6.04 Å². The molecule has 9 heteroatoms. The summed E-state index contributed by atoms with van der Waals surface area (Å²) >= 11 is 0. The summed E-state index contributed by atoms with van der Waals surface area (Å²) in [4.78, 5) is 47.0. The zero-order valence-electron chi connectivity index (χ0n) is 15.6. The summed E-state index contributed by atoms with van der Waals surface area (Å²) in [5, 5.41) is 0. The van der Waals surface area contributed by atoms with Crippen molar-refractivity contribution < 1.29 is 19.1 Å². The van der Waals surface area contributed by atoms with Gasteiger partial charge in [-0.15, -0.1) is 0 Å². The van der Waals surface area contributed by atoms with Crippen LogP contribution < -0.4 is 0 Å². The van der Waals surface area contributed by atoms with Gasteiger partial charge in [0.15, 0.2) is 0 Å². The SMILES string of the molecule is COCCN1C(=O)C2CN(C(=O)c3cncn3C)CC(C)(C)CN2C1=O. The van der Waals surface area contributed by atoms with Gasteiger partial charge in [-0.3, -0.25) is 14.5 Å². The molecular formula is C17H25N5O4. The fourth-order valence-corrected chi connectivity index (χ4v) is 3.62. The third-order valence-corrected chi connectivity index (χ3v) is 4.86. The Morgan fingerprint density at radius 2 is 2.08 bits per heavy atom. The molecule has 26 heavy (non-hydrogen) atoms. The van der Waals surface area contributed by atoms with Crippen LogP contribution >= 0.6 is 0 Å². The predicted octanol–water partition coefficient (Wildman–Crippen LogP) is 0.181. The van der Waals surface area contributed by atoms with Gasteiger partial charge in [0, 0.05) is 32.7 Å². The van der Waals surface area contributed by atoms with Crippen molar-refractivity contribution in [1.29, 1.82) is 0 Å². The molecule has 1 aromatic rings. The van der Waals surface area contributed by atoms with E-state index in [1.165, 1.54) is 18.2 Å². The summed E-state index contributed by atoms with van der Waals surface area (Å²) in [6.07, 6.45) is 3.09. The van der Waals surface area contributed by atoms with Crippen molar-refractivity contribution in [2.75, 3.05) is 39.9 Å². The highest BCUT2D eigenvalue weighted by Gasteiger charge is 2.50. The van der Waals surface area contributed by atoms with E-state index in [9.17, 15) is 14.4 Å². The second-order valence-corrected chi connectivity index (χ2v) is 7.65. The summed E-state index contributed by atoms with van der Waals surface area (Å²) in [5.41, 5.74) is 0.123. The van der Waals surface area contributed by atoms with Crippen LogP contribution in [-0.2, 0) is 16.6 Å². The van der Waals surface area contributed by atoms with E-state index in [0.29, 0.717) is 25.4 Å². The Bertz CT molecular complexity index is 728. The fourth-order valence-electron chi connectivity index (χ4n) is 3.62. The van der Waals surface area contributed by atoms with Crippen molar-refractivity contribution in [2.45, 2.75) is 19.9 Å². The maximum absolute atomic E-state index is 13.0. The van der Waals surface area contributed by atoms with E-state index in [2.05, 4.69) is 4.98 Å². The number of urea groups is 1. The third-order valence-electron chi connectivity index (χ3n) is 4.86. The lowest BCUT2D eigenvalue weighted by Gasteiger charge is -2.30. The van der Waals surface area contributed by atoms with Crippen molar-refractivity contribution in [3.8, 4) is 0 Å². The van der Waals surface area contributed by atoms with Crippen LogP contribution in [0.1, 0.15) is 24.3 Å². The number of imide groups is 1. The molecule has 3 rings (SSSR count). The summed E-state index contributed by atoms with van der Waals surface area (Å²) in [6.45, 7) is 5.56. The smallest absolute Gasteiger partial charge is 0.327 e. The third kappa shape index (κ3) is 3.18. The van der Waals surface area contributed by atoms with Crippen LogP contribution in [0.5, 0.6) is 0 Å². The van der Waals surface area contributed by atoms with Crippen molar-refractivity contribution in [3.05, 3.63) is 18.2 Å². The van der Waals surface area contributed by atoms with Crippen molar-refractivity contribution in [2.24, 2.45) is 12.5 Å². The molecule has 2 fully saturated rings. The highest BCUT2D eigenvalue weighted by molar-refractivity contribution is 6.05. The largest absolute Gasteiger partial charge is 0.383 e. The Morgan fingerprint density at radius 1 is 1.35 bits per heavy atom. The van der Waals surface area contributed by atoms with Gasteiger partial charge >= 0.3 is 6.03 Å². The number of hydrogen-bond acceptors (Lipinski definition) is 5. The number of rotatable bonds is 4. The molecule has 1 aromatic heterocycles. The number of nitrogens with zero attached hydrogens (tertiary/aromatic N) is 5. The van der Waals surface area contributed by atoms with Crippen molar-refractivity contribution in [3.63, 3.8) is 0 Å². The molecule has 0 saturated carbocycles. The Kier molecular flexibility index (Phi) is 4.74. The average molecular weight is 363 g/mol. The van der Waals surface area contributed by atoms with Crippen LogP contribution in [0, 0.1) is 5.41 Å². The number of fused-ring (bicyclic) bond motifs is 1. The standard InChI is InChI=1S/C17H25N5O4/c1-17(2)9-20(14(23)12-7-18-11-19(12)3)8-13-15(24)21(5-6-26-4)16(25)22(13)10-17/h7,11,13H,5-6,8-10H2,1-4H3. The van der Waals surface area contributed by atoms with Crippen LogP contribution in [-0.4, -0.2) is 88.0 Å². The fraction of sp³-hybridized carbons (Fsp3) is 0.647. The van der Waals surface area contributed by atoms with Crippen molar-refractivity contribution >= 4 is 17.8 Å². The lowest BCUT2D eigenvalue weighted by Crippen LogP contribution is -2.44. The van der Waals surface area contributed by atoms with Crippen molar-refractivity contribution in [1.82, 2.24) is 24.3 Å². The number of methoxy groups -OCH3 is 1. The molecule has 0 bridgehead atoms. The summed E-state index contributed by atoms with van der Waals surface area (Å²) in [6, 6.07) is -0.960. The van der Waals surface area contributed by atoms with Crippen LogP contribution in [0.2, 0.25) is 0 Å². The van der Waals surface area contributed by atoms with Crippen LogP contribution in [0.4, 0.5) is 4.79 Å². The topological polar surface area (TPSA) is 88.0 Å². The van der Waals surface area contributed by atoms with Gasteiger partial charge in [0.25, 0.3) is 11.8 Å². The van der Waals surface area contributed by atoms with E-state index in [1.807, 2.05) is 13.8 Å². The highest BCUT2D eigenvalue weighted by atomic mass is 16.5. The molecule has 0 N–H and O–H groups in total.